The van der Waals surface area contributed by atoms with Gasteiger partial charge in [0.1, 0.15) is 23.7 Å². The highest BCUT2D eigenvalue weighted by atomic mass is 16.6. The van der Waals surface area contributed by atoms with Crippen molar-refractivity contribution in [2.75, 3.05) is 7.11 Å². The summed E-state index contributed by atoms with van der Waals surface area (Å²) in [5, 5.41) is 8.17. The fraction of sp³-hybridized carbons (Fsp3) is 0.519. The Bertz CT molecular complexity index is 1150. The molecule has 0 saturated carbocycles. The van der Waals surface area contributed by atoms with E-state index in [2.05, 4.69) is 20.9 Å². The summed E-state index contributed by atoms with van der Waals surface area (Å²) in [5.41, 5.74) is 1.51. The van der Waals surface area contributed by atoms with E-state index in [1.54, 1.807) is 33.3 Å². The highest BCUT2D eigenvalue weighted by molar-refractivity contribution is 5.93. The van der Waals surface area contributed by atoms with Crippen LogP contribution in [0.1, 0.15) is 52.3 Å². The van der Waals surface area contributed by atoms with Gasteiger partial charge in [-0.1, -0.05) is 26.0 Å². The van der Waals surface area contributed by atoms with Crippen LogP contribution in [-0.2, 0) is 36.7 Å². The fourth-order valence-electron chi connectivity index (χ4n) is 4.19. The van der Waals surface area contributed by atoms with Crippen LogP contribution in [-0.4, -0.2) is 64.3 Å². The summed E-state index contributed by atoms with van der Waals surface area (Å²) in [4.78, 5) is 56.2. The molecule has 1 aromatic heterocycles. The Hall–Kier alpha value is -3.89. The van der Waals surface area contributed by atoms with Gasteiger partial charge in [-0.2, -0.15) is 0 Å². The van der Waals surface area contributed by atoms with Crippen LogP contribution in [0.5, 0.6) is 0 Å². The maximum absolute atomic E-state index is 13.4. The molecule has 38 heavy (non-hydrogen) atoms. The van der Waals surface area contributed by atoms with E-state index in [9.17, 15) is 19.2 Å². The highest BCUT2D eigenvalue weighted by Crippen LogP contribution is 2.17. The van der Waals surface area contributed by atoms with Crippen molar-refractivity contribution in [3.05, 3.63) is 48.0 Å². The lowest BCUT2D eigenvalue weighted by molar-refractivity contribution is -0.145. The number of alkyl carbamates (subject to hydrolysis) is 1. The second kappa shape index (κ2) is 12.1. The summed E-state index contributed by atoms with van der Waals surface area (Å²) < 4.78 is 12.1. The van der Waals surface area contributed by atoms with Gasteiger partial charge in [-0.15, -0.1) is 0 Å². The second-order valence-corrected chi connectivity index (χ2v) is 10.8. The first-order valence-corrected chi connectivity index (χ1v) is 12.6. The van der Waals surface area contributed by atoms with Crippen LogP contribution in [0.25, 0.3) is 5.69 Å². The van der Waals surface area contributed by atoms with Gasteiger partial charge in [-0.25, -0.2) is 14.6 Å². The highest BCUT2D eigenvalue weighted by Gasteiger charge is 2.32. The van der Waals surface area contributed by atoms with Crippen LogP contribution < -0.4 is 16.0 Å². The summed E-state index contributed by atoms with van der Waals surface area (Å²) >= 11 is 0. The largest absolute Gasteiger partial charge is 0.467 e. The fourth-order valence-corrected chi connectivity index (χ4v) is 4.19. The molecule has 0 unspecified atom stereocenters. The molecule has 2 aliphatic heterocycles. The van der Waals surface area contributed by atoms with Crippen molar-refractivity contribution in [2.45, 2.75) is 77.6 Å². The Balaban J connectivity index is 2.02. The molecule has 2 bridgehead atoms. The van der Waals surface area contributed by atoms with E-state index in [-0.39, 0.29) is 18.8 Å². The van der Waals surface area contributed by atoms with E-state index in [4.69, 9.17) is 9.47 Å². The molecule has 1 aromatic carbocycles. The SMILES string of the molecule is COC(=O)[C@@H]1Cc2cncn2-c2ccc(cc2)C[C@H](NC(=O)OC(C)(C)C)C(=O)N[C@@H](CC(C)C)C(=O)N1. The van der Waals surface area contributed by atoms with E-state index in [0.717, 1.165) is 11.3 Å². The van der Waals surface area contributed by atoms with Gasteiger partial charge in [0.15, 0.2) is 0 Å². The van der Waals surface area contributed by atoms with Gasteiger partial charge in [0.2, 0.25) is 11.8 Å². The number of rotatable bonds is 4. The average Bonchev–Trinajstić information content (AvgIpc) is 3.28. The first-order valence-electron chi connectivity index (χ1n) is 12.6. The number of nitrogens with zero attached hydrogens (tertiary/aromatic N) is 2. The van der Waals surface area contributed by atoms with Crippen LogP contribution >= 0.6 is 0 Å². The molecular formula is C27H37N5O6. The number of amides is 3. The molecule has 206 valence electrons. The van der Waals surface area contributed by atoms with E-state index in [1.165, 1.54) is 7.11 Å². The molecule has 0 radical (unpaired) electrons. The number of methoxy groups -OCH3 is 1. The molecular weight excluding hydrogens is 490 g/mol. The van der Waals surface area contributed by atoms with Gasteiger partial charge in [-0.05, 0) is 50.8 Å². The molecule has 2 aromatic rings. The van der Waals surface area contributed by atoms with Crippen molar-refractivity contribution in [2.24, 2.45) is 5.92 Å². The minimum atomic E-state index is -1.01. The van der Waals surface area contributed by atoms with Crippen LogP contribution in [0.15, 0.2) is 36.8 Å². The number of aromatic nitrogens is 2. The van der Waals surface area contributed by atoms with Gasteiger partial charge in [0.25, 0.3) is 0 Å². The third-order valence-electron chi connectivity index (χ3n) is 5.93. The van der Waals surface area contributed by atoms with Crippen molar-refractivity contribution < 1.29 is 28.7 Å². The summed E-state index contributed by atoms with van der Waals surface area (Å²) in [7, 11) is 1.25. The Kier molecular flexibility index (Phi) is 9.13. The van der Waals surface area contributed by atoms with Crippen molar-refractivity contribution >= 4 is 23.9 Å². The lowest BCUT2D eigenvalue weighted by Gasteiger charge is -2.26. The standard InChI is InChI=1S/C27H37N5O6/c1-16(2)11-20-23(33)30-22(25(35)37-6)13-19-14-28-15-32(19)18-9-7-17(8-10-18)12-21(24(34)29-20)31-26(36)38-27(3,4)5/h7-10,14-16,20-22H,11-13H2,1-6H3,(H,29,34)(H,30,33)(H,31,36)/t20-,21-,22-/m0/s1. The quantitative estimate of drug-likeness (QED) is 0.517. The van der Waals surface area contributed by atoms with Gasteiger partial charge < -0.3 is 30.0 Å². The number of fused-ring (bicyclic) bond motifs is 10. The number of ether oxygens (including phenoxy) is 2. The van der Waals surface area contributed by atoms with E-state index < -0.39 is 47.6 Å². The zero-order valence-electron chi connectivity index (χ0n) is 22.7. The smallest absolute Gasteiger partial charge is 0.408 e. The summed E-state index contributed by atoms with van der Waals surface area (Å²) in [6.45, 7) is 9.03. The average molecular weight is 528 g/mol. The first-order chi connectivity index (χ1) is 17.9. The van der Waals surface area contributed by atoms with Crippen molar-refractivity contribution in [1.82, 2.24) is 25.5 Å². The maximum Gasteiger partial charge on any atom is 0.408 e. The summed E-state index contributed by atoms with van der Waals surface area (Å²) in [5.74, 6) is -1.64. The lowest BCUT2D eigenvalue weighted by Crippen LogP contribution is -2.57. The predicted molar refractivity (Wildman–Crippen MR) is 139 cm³/mol. The molecule has 3 atom stereocenters. The molecule has 3 amide bonds. The lowest BCUT2D eigenvalue weighted by atomic mass is 10.0. The van der Waals surface area contributed by atoms with Crippen molar-refractivity contribution in [1.29, 1.82) is 0 Å². The van der Waals surface area contributed by atoms with Crippen LogP contribution in [0.3, 0.4) is 0 Å². The first kappa shape index (κ1) is 28.7. The zero-order chi connectivity index (χ0) is 28.0. The van der Waals surface area contributed by atoms with E-state index in [1.807, 2.05) is 42.7 Å². The number of nitrogens with one attached hydrogen (secondary N) is 3. The Morgan fingerprint density at radius 2 is 1.79 bits per heavy atom. The molecule has 0 spiro atoms. The number of hydrogen-bond acceptors (Lipinski definition) is 7. The third-order valence-corrected chi connectivity index (χ3v) is 5.93. The van der Waals surface area contributed by atoms with Gasteiger partial charge >= 0.3 is 12.1 Å². The topological polar surface area (TPSA) is 141 Å². The predicted octanol–water partition coefficient (Wildman–Crippen LogP) is 2.05. The van der Waals surface area contributed by atoms with Crippen molar-refractivity contribution in [3.8, 4) is 5.69 Å². The molecule has 3 heterocycles. The van der Waals surface area contributed by atoms with E-state index in [0.29, 0.717) is 12.1 Å². The van der Waals surface area contributed by atoms with Gasteiger partial charge in [0.05, 0.1) is 13.4 Å². The molecule has 11 heteroatoms. The van der Waals surface area contributed by atoms with Gasteiger partial charge in [0, 0.05) is 30.4 Å². The van der Waals surface area contributed by atoms with Crippen LogP contribution in [0.4, 0.5) is 4.79 Å². The number of imidazole rings is 1. The van der Waals surface area contributed by atoms with Gasteiger partial charge in [-0.3, -0.25) is 9.59 Å². The molecule has 11 nitrogen and oxygen atoms in total. The third kappa shape index (κ3) is 7.80. The summed E-state index contributed by atoms with van der Waals surface area (Å²) in [6.07, 6.45) is 3.12. The Morgan fingerprint density at radius 1 is 1.11 bits per heavy atom. The van der Waals surface area contributed by atoms with Crippen LogP contribution in [0.2, 0.25) is 0 Å². The number of hydrogen-bond donors (Lipinski definition) is 3. The second-order valence-electron chi connectivity index (χ2n) is 10.8. The normalized spacial score (nSPS) is 20.4. The monoisotopic (exact) mass is 527 g/mol. The molecule has 2 aliphatic rings. The Labute approximate surface area is 222 Å². The van der Waals surface area contributed by atoms with E-state index >= 15 is 0 Å². The molecule has 0 saturated heterocycles. The molecule has 3 N–H and O–H groups in total. The maximum atomic E-state index is 13.4. The van der Waals surface area contributed by atoms with Crippen LogP contribution in [0, 0.1) is 5.92 Å². The molecule has 4 rings (SSSR count). The van der Waals surface area contributed by atoms with Crippen molar-refractivity contribution in [3.63, 3.8) is 0 Å². The summed E-state index contributed by atoms with van der Waals surface area (Å²) in [6, 6.07) is 4.45. The molecule has 0 aliphatic carbocycles. The zero-order valence-corrected chi connectivity index (χ0v) is 22.7. The minimum absolute atomic E-state index is 0.0515. The molecule has 0 fully saturated rings. The number of carbonyl (C=O) groups excluding carboxylic acids is 4. The number of esters is 1. The Morgan fingerprint density at radius 3 is 2.39 bits per heavy atom. The number of carbonyl (C=O) groups is 4. The minimum Gasteiger partial charge on any atom is -0.467 e. The number of benzene rings is 1.